The lowest BCUT2D eigenvalue weighted by atomic mass is 9.95. The highest BCUT2D eigenvalue weighted by Gasteiger charge is 2.26. The Morgan fingerprint density at radius 1 is 0.409 bits per heavy atom. The first-order valence-corrected chi connectivity index (χ1v) is 15.0. The fourth-order valence-corrected chi connectivity index (χ4v) is 6.85. The maximum atomic E-state index is 4.97. The predicted octanol–water partition coefficient (Wildman–Crippen LogP) is 11.0. The number of benzene rings is 6. The fourth-order valence-electron chi connectivity index (χ4n) is 6.85. The molecule has 0 atom stereocenters. The molecule has 0 fully saturated rings. The lowest BCUT2D eigenvalue weighted by Gasteiger charge is -2.26. The highest BCUT2D eigenvalue weighted by molar-refractivity contribution is 6.10. The van der Waals surface area contributed by atoms with Crippen LogP contribution in [0.4, 0.5) is 17.2 Å². The Balaban J connectivity index is 1.24. The molecule has 0 saturated carbocycles. The van der Waals surface area contributed by atoms with Crippen molar-refractivity contribution < 1.29 is 0 Å². The van der Waals surface area contributed by atoms with Crippen LogP contribution >= 0.6 is 0 Å². The normalized spacial score (nSPS) is 12.0. The van der Waals surface area contributed by atoms with Gasteiger partial charge in [0.05, 0.1) is 22.4 Å². The summed E-state index contributed by atoms with van der Waals surface area (Å²) in [6.07, 6.45) is 1.94. The summed E-state index contributed by atoms with van der Waals surface area (Å²) in [5.41, 5.74) is 13.0. The van der Waals surface area contributed by atoms with Gasteiger partial charge in [0, 0.05) is 33.8 Å². The van der Waals surface area contributed by atoms with Gasteiger partial charge >= 0.3 is 0 Å². The van der Waals surface area contributed by atoms with Crippen LogP contribution in [0, 0.1) is 0 Å². The van der Waals surface area contributed by atoms with Crippen LogP contribution in [0.3, 0.4) is 0 Å². The van der Waals surface area contributed by atoms with E-state index in [-0.39, 0.29) is 0 Å². The number of pyridine rings is 1. The Bertz CT molecular complexity index is 2280. The largest absolute Gasteiger partial charge is 0.309 e. The summed E-state index contributed by atoms with van der Waals surface area (Å²) in [6, 6.07) is 56.4. The van der Waals surface area contributed by atoms with Gasteiger partial charge in [-0.05, 0) is 76.9 Å². The second-order valence-electron chi connectivity index (χ2n) is 11.2. The number of fused-ring (bicyclic) bond motifs is 8. The number of aromatic nitrogens is 2. The molecule has 8 aromatic rings. The minimum absolute atomic E-state index is 0.891. The van der Waals surface area contributed by atoms with Gasteiger partial charge in [0.25, 0.3) is 0 Å². The SMILES string of the molecule is c1ccc(-n2c3ccccc3c3cc(-c4ccnc(N5c6ccccc6-c6ccccc6-c6ccccc65)c4)ccc32)cc1. The topological polar surface area (TPSA) is 21.1 Å². The van der Waals surface area contributed by atoms with E-state index in [0.717, 1.165) is 34.0 Å². The van der Waals surface area contributed by atoms with Gasteiger partial charge in [-0.2, -0.15) is 0 Å². The number of para-hydroxylation sites is 4. The lowest BCUT2D eigenvalue weighted by Crippen LogP contribution is -2.12. The Hall–Kier alpha value is -5.93. The summed E-state index contributed by atoms with van der Waals surface area (Å²) in [5.74, 6) is 0.891. The maximum absolute atomic E-state index is 4.97. The zero-order chi connectivity index (χ0) is 29.0. The van der Waals surface area contributed by atoms with Crippen LogP contribution in [0.1, 0.15) is 0 Å². The molecule has 3 heteroatoms. The summed E-state index contributed by atoms with van der Waals surface area (Å²) >= 11 is 0. The van der Waals surface area contributed by atoms with Gasteiger partial charge in [-0.1, -0.05) is 103 Å². The smallest absolute Gasteiger partial charge is 0.138 e. The molecule has 44 heavy (non-hydrogen) atoms. The summed E-state index contributed by atoms with van der Waals surface area (Å²) < 4.78 is 2.36. The van der Waals surface area contributed by atoms with E-state index in [1.807, 2.05) is 6.20 Å². The molecular weight excluding hydrogens is 534 g/mol. The van der Waals surface area contributed by atoms with Gasteiger partial charge in [0.1, 0.15) is 5.82 Å². The average molecular weight is 562 g/mol. The van der Waals surface area contributed by atoms with Crippen molar-refractivity contribution in [2.24, 2.45) is 0 Å². The highest BCUT2D eigenvalue weighted by Crippen LogP contribution is 2.50. The van der Waals surface area contributed by atoms with E-state index >= 15 is 0 Å². The van der Waals surface area contributed by atoms with Gasteiger partial charge in [0.15, 0.2) is 0 Å². The van der Waals surface area contributed by atoms with Crippen LogP contribution < -0.4 is 4.90 Å². The van der Waals surface area contributed by atoms with Gasteiger partial charge in [-0.3, -0.25) is 4.90 Å². The molecule has 0 saturated heterocycles. The molecule has 1 aliphatic rings. The molecule has 1 aliphatic heterocycles. The van der Waals surface area contributed by atoms with Crippen molar-refractivity contribution in [3.8, 4) is 39.1 Å². The molecule has 0 N–H and O–H groups in total. The van der Waals surface area contributed by atoms with Crippen molar-refractivity contribution in [2.45, 2.75) is 0 Å². The first-order valence-electron chi connectivity index (χ1n) is 15.0. The molecule has 0 radical (unpaired) electrons. The van der Waals surface area contributed by atoms with E-state index in [1.165, 1.54) is 44.1 Å². The molecule has 9 rings (SSSR count). The predicted molar refractivity (Wildman–Crippen MR) is 183 cm³/mol. The lowest BCUT2D eigenvalue weighted by molar-refractivity contribution is 1.18. The first kappa shape index (κ1) is 24.6. The maximum Gasteiger partial charge on any atom is 0.138 e. The van der Waals surface area contributed by atoms with Crippen molar-refractivity contribution in [3.63, 3.8) is 0 Å². The van der Waals surface area contributed by atoms with E-state index in [9.17, 15) is 0 Å². The Labute approximate surface area is 255 Å². The number of rotatable bonds is 3. The molecule has 0 amide bonds. The van der Waals surface area contributed by atoms with E-state index in [1.54, 1.807) is 0 Å². The van der Waals surface area contributed by atoms with Crippen molar-refractivity contribution in [1.29, 1.82) is 0 Å². The molecule has 0 spiro atoms. The molecule has 2 aromatic heterocycles. The van der Waals surface area contributed by atoms with Gasteiger partial charge in [-0.15, -0.1) is 0 Å². The third-order valence-corrected chi connectivity index (χ3v) is 8.79. The van der Waals surface area contributed by atoms with Crippen LogP contribution in [0.25, 0.3) is 60.9 Å². The summed E-state index contributed by atoms with van der Waals surface area (Å²) in [6.45, 7) is 0. The van der Waals surface area contributed by atoms with Gasteiger partial charge in [0.2, 0.25) is 0 Å². The minimum atomic E-state index is 0.891. The number of hydrogen-bond acceptors (Lipinski definition) is 2. The van der Waals surface area contributed by atoms with Crippen LogP contribution in [-0.4, -0.2) is 9.55 Å². The molecule has 0 bridgehead atoms. The second-order valence-corrected chi connectivity index (χ2v) is 11.2. The minimum Gasteiger partial charge on any atom is -0.309 e. The molecule has 0 unspecified atom stereocenters. The molecule has 0 aliphatic carbocycles. The Kier molecular flexibility index (Phi) is 5.50. The second kappa shape index (κ2) is 9.82. The number of nitrogens with zero attached hydrogens (tertiary/aromatic N) is 3. The van der Waals surface area contributed by atoms with Gasteiger partial charge < -0.3 is 4.57 Å². The van der Waals surface area contributed by atoms with Crippen LogP contribution in [0.2, 0.25) is 0 Å². The van der Waals surface area contributed by atoms with Crippen molar-refractivity contribution in [1.82, 2.24) is 9.55 Å². The van der Waals surface area contributed by atoms with E-state index in [4.69, 9.17) is 4.98 Å². The quantitative estimate of drug-likeness (QED) is 0.214. The summed E-state index contributed by atoms with van der Waals surface area (Å²) in [7, 11) is 0. The van der Waals surface area contributed by atoms with Gasteiger partial charge in [-0.25, -0.2) is 4.98 Å². The van der Waals surface area contributed by atoms with E-state index in [0.29, 0.717) is 0 Å². The zero-order valence-corrected chi connectivity index (χ0v) is 23.9. The molecule has 3 heterocycles. The van der Waals surface area contributed by atoms with E-state index in [2.05, 4.69) is 167 Å². The van der Waals surface area contributed by atoms with Crippen LogP contribution in [0.15, 0.2) is 164 Å². The Morgan fingerprint density at radius 2 is 0.977 bits per heavy atom. The first-order chi connectivity index (χ1) is 21.8. The third-order valence-electron chi connectivity index (χ3n) is 8.79. The van der Waals surface area contributed by atoms with E-state index < -0.39 is 0 Å². The zero-order valence-electron chi connectivity index (χ0n) is 23.9. The molecular formula is C41H27N3. The van der Waals surface area contributed by atoms with Crippen LogP contribution in [-0.2, 0) is 0 Å². The molecule has 206 valence electrons. The standard InChI is InChI=1S/C41H27N3/c1-2-12-30(13-3-1)43-37-19-9-8-18-35(37)36-26-28(22-23-40(36)43)29-24-25-42-41(27-29)44-38-20-10-6-16-33(38)31-14-4-5-15-32(31)34-17-7-11-21-39(34)44/h1-27H. The number of anilines is 3. The van der Waals surface area contributed by atoms with Crippen molar-refractivity contribution in [2.75, 3.05) is 4.90 Å². The summed E-state index contributed by atoms with van der Waals surface area (Å²) in [4.78, 5) is 7.28. The van der Waals surface area contributed by atoms with Crippen LogP contribution in [0.5, 0.6) is 0 Å². The average Bonchev–Trinajstić information content (AvgIpc) is 3.36. The highest BCUT2D eigenvalue weighted by atomic mass is 15.2. The van der Waals surface area contributed by atoms with Crippen molar-refractivity contribution >= 4 is 39.0 Å². The monoisotopic (exact) mass is 561 g/mol. The summed E-state index contributed by atoms with van der Waals surface area (Å²) in [5, 5.41) is 2.48. The third kappa shape index (κ3) is 3.73. The molecule has 3 nitrogen and oxygen atoms in total. The van der Waals surface area contributed by atoms with Crippen molar-refractivity contribution in [3.05, 3.63) is 164 Å². The number of hydrogen-bond donors (Lipinski definition) is 0. The Morgan fingerprint density at radius 3 is 1.70 bits per heavy atom. The molecule has 6 aromatic carbocycles. The fraction of sp³-hybridized carbons (Fsp3) is 0.